The first-order chi connectivity index (χ1) is 16.7. The standard InChI is InChI=1S/C26H42N3O6P/c1-7-18-15-26(18,36(33,34)16-17(2)3)28-22(30)20-13-10-14-29(20)23(31)21(25(4,5)6)27-24(32)35-19-11-8-9-12-19/h7,16,18-21H,1,8-15H2,2-6H3,(H,27,32)(H,28,30)(H,33,34)/t18-,20+,21-,26+/m1/s1. The molecule has 2 saturated carbocycles. The van der Waals surface area contributed by atoms with E-state index in [-0.39, 0.29) is 17.9 Å². The molecule has 0 aromatic carbocycles. The first-order valence-corrected chi connectivity index (χ1v) is 14.7. The molecule has 1 heterocycles. The quantitative estimate of drug-likeness (QED) is 0.322. The summed E-state index contributed by atoms with van der Waals surface area (Å²) < 4.78 is 18.7. The van der Waals surface area contributed by atoms with Crippen LogP contribution in [0.25, 0.3) is 0 Å². The topological polar surface area (TPSA) is 125 Å². The Hall–Kier alpha value is -2.12. The third kappa shape index (κ3) is 6.05. The lowest BCUT2D eigenvalue weighted by Gasteiger charge is -2.36. The van der Waals surface area contributed by atoms with Crippen molar-refractivity contribution in [3.8, 4) is 0 Å². The Morgan fingerprint density at radius 2 is 1.81 bits per heavy atom. The van der Waals surface area contributed by atoms with Crippen LogP contribution in [0.15, 0.2) is 24.0 Å². The summed E-state index contributed by atoms with van der Waals surface area (Å²) in [6, 6.07) is -1.67. The fraction of sp³-hybridized carbons (Fsp3) is 0.731. The van der Waals surface area contributed by atoms with Crippen LogP contribution in [0.5, 0.6) is 0 Å². The van der Waals surface area contributed by atoms with Gasteiger partial charge in [0.05, 0.1) is 0 Å². The number of carbonyl (C=O) groups excluding carboxylic acids is 3. The highest BCUT2D eigenvalue weighted by Gasteiger charge is 2.65. The lowest BCUT2D eigenvalue weighted by Crippen LogP contribution is -2.58. The number of amides is 3. The van der Waals surface area contributed by atoms with Crippen LogP contribution in [-0.4, -0.2) is 57.7 Å². The van der Waals surface area contributed by atoms with Crippen molar-refractivity contribution in [1.29, 1.82) is 0 Å². The van der Waals surface area contributed by atoms with Gasteiger partial charge < -0.3 is 25.2 Å². The van der Waals surface area contributed by atoms with Gasteiger partial charge >= 0.3 is 6.09 Å². The number of hydrogen-bond donors (Lipinski definition) is 3. The number of rotatable bonds is 8. The van der Waals surface area contributed by atoms with E-state index < -0.39 is 42.1 Å². The second kappa shape index (κ2) is 10.7. The van der Waals surface area contributed by atoms with E-state index in [1.807, 2.05) is 20.8 Å². The second-order valence-electron chi connectivity index (χ2n) is 11.7. The van der Waals surface area contributed by atoms with Gasteiger partial charge in [-0.15, -0.1) is 6.58 Å². The fourth-order valence-electron chi connectivity index (χ4n) is 5.34. The summed E-state index contributed by atoms with van der Waals surface area (Å²) in [6.45, 7) is 13.1. The molecular formula is C26H42N3O6P. The van der Waals surface area contributed by atoms with Crippen molar-refractivity contribution in [1.82, 2.24) is 15.5 Å². The molecule has 0 radical (unpaired) electrons. The number of alkyl carbamates (subject to hydrolysis) is 1. The number of nitrogens with zero attached hydrogens (tertiary/aromatic N) is 1. The Morgan fingerprint density at radius 1 is 1.17 bits per heavy atom. The van der Waals surface area contributed by atoms with E-state index in [9.17, 15) is 23.8 Å². The molecule has 0 aromatic rings. The molecule has 202 valence electrons. The zero-order valence-corrected chi connectivity index (χ0v) is 23.1. The van der Waals surface area contributed by atoms with Crippen molar-refractivity contribution in [3.63, 3.8) is 0 Å². The molecule has 1 aliphatic heterocycles. The van der Waals surface area contributed by atoms with Crippen molar-refractivity contribution in [2.45, 2.75) is 103 Å². The molecule has 0 spiro atoms. The van der Waals surface area contributed by atoms with E-state index in [2.05, 4.69) is 17.2 Å². The van der Waals surface area contributed by atoms with Gasteiger partial charge in [0.15, 0.2) is 0 Å². The van der Waals surface area contributed by atoms with Crippen LogP contribution in [0.3, 0.4) is 0 Å². The maximum absolute atomic E-state index is 13.7. The number of carbonyl (C=O) groups is 3. The minimum Gasteiger partial charge on any atom is -0.446 e. The van der Waals surface area contributed by atoms with Crippen molar-refractivity contribution in [2.75, 3.05) is 6.54 Å². The molecule has 1 unspecified atom stereocenters. The van der Waals surface area contributed by atoms with E-state index in [0.29, 0.717) is 31.4 Å². The van der Waals surface area contributed by atoms with Crippen LogP contribution in [0, 0.1) is 11.3 Å². The summed E-state index contributed by atoms with van der Waals surface area (Å²) in [5.41, 5.74) is 0.0658. The number of hydrogen-bond acceptors (Lipinski definition) is 5. The van der Waals surface area contributed by atoms with Crippen LogP contribution in [0.2, 0.25) is 0 Å². The van der Waals surface area contributed by atoms with Crippen molar-refractivity contribution in [2.24, 2.45) is 11.3 Å². The predicted octanol–water partition coefficient (Wildman–Crippen LogP) is 4.27. The van der Waals surface area contributed by atoms with E-state index in [1.165, 1.54) is 10.7 Å². The minimum atomic E-state index is -3.87. The predicted molar refractivity (Wildman–Crippen MR) is 138 cm³/mol. The first kappa shape index (κ1) is 28.5. The van der Waals surface area contributed by atoms with Crippen molar-refractivity contribution < 1.29 is 28.6 Å². The van der Waals surface area contributed by atoms with Crippen LogP contribution in [-0.2, 0) is 18.9 Å². The van der Waals surface area contributed by atoms with Crippen LogP contribution in [0.1, 0.15) is 79.6 Å². The molecule has 3 rings (SSSR count). The molecule has 10 heteroatoms. The van der Waals surface area contributed by atoms with E-state index in [1.54, 1.807) is 19.9 Å². The largest absolute Gasteiger partial charge is 0.446 e. The first-order valence-electron chi connectivity index (χ1n) is 12.9. The molecule has 5 atom stereocenters. The van der Waals surface area contributed by atoms with Gasteiger partial charge in [0.2, 0.25) is 19.2 Å². The molecule has 0 aromatic heterocycles. The maximum Gasteiger partial charge on any atom is 0.408 e. The maximum atomic E-state index is 13.7. The van der Waals surface area contributed by atoms with Gasteiger partial charge in [0.25, 0.3) is 0 Å². The Morgan fingerprint density at radius 3 is 2.33 bits per heavy atom. The van der Waals surface area contributed by atoms with Crippen LogP contribution in [0.4, 0.5) is 4.79 Å². The summed E-state index contributed by atoms with van der Waals surface area (Å²) in [6.07, 6.45) is 5.91. The molecule has 9 nitrogen and oxygen atoms in total. The summed E-state index contributed by atoms with van der Waals surface area (Å²) in [7, 11) is -3.87. The summed E-state index contributed by atoms with van der Waals surface area (Å²) >= 11 is 0. The van der Waals surface area contributed by atoms with Gasteiger partial charge in [0, 0.05) is 18.3 Å². The molecular weight excluding hydrogens is 481 g/mol. The molecule has 3 N–H and O–H groups in total. The molecule has 3 amide bonds. The van der Waals surface area contributed by atoms with Crippen molar-refractivity contribution >= 4 is 25.3 Å². The van der Waals surface area contributed by atoms with Gasteiger partial charge in [-0.2, -0.15) is 0 Å². The Bertz CT molecular complexity index is 963. The van der Waals surface area contributed by atoms with Gasteiger partial charge in [-0.1, -0.05) is 32.4 Å². The lowest BCUT2D eigenvalue weighted by molar-refractivity contribution is -0.142. The molecule has 0 bridgehead atoms. The van der Waals surface area contributed by atoms with Crippen molar-refractivity contribution in [3.05, 3.63) is 24.0 Å². The summed E-state index contributed by atoms with van der Waals surface area (Å²) in [5.74, 6) is 0.185. The third-order valence-electron chi connectivity index (χ3n) is 7.40. The molecule has 3 aliphatic rings. The normalized spacial score (nSPS) is 28.6. The van der Waals surface area contributed by atoms with Gasteiger partial charge in [0.1, 0.15) is 23.5 Å². The zero-order valence-electron chi connectivity index (χ0n) is 22.2. The average molecular weight is 524 g/mol. The molecule has 36 heavy (non-hydrogen) atoms. The molecule has 2 aliphatic carbocycles. The smallest absolute Gasteiger partial charge is 0.408 e. The fourth-order valence-corrected chi connectivity index (χ4v) is 7.58. The Labute approximate surface area is 214 Å². The Kier molecular flexibility index (Phi) is 8.46. The Balaban J connectivity index is 1.75. The minimum absolute atomic E-state index is 0.131. The highest BCUT2D eigenvalue weighted by atomic mass is 31.2. The highest BCUT2D eigenvalue weighted by Crippen LogP contribution is 2.70. The molecule has 3 fully saturated rings. The SMILES string of the molecule is C=C[C@@H]1C[C@]1(NC(=O)[C@@H]1CCCN1C(=O)[C@@H](NC(=O)OC1CCCC1)C(C)(C)C)P(=O)(O)C=C(C)C. The number of nitrogens with one attached hydrogen (secondary N) is 2. The second-order valence-corrected chi connectivity index (χ2v) is 14.0. The number of ether oxygens (including phenoxy) is 1. The number of allylic oxidation sites excluding steroid dienone is 1. The average Bonchev–Trinajstić information content (AvgIpc) is 3.10. The molecule has 1 saturated heterocycles. The monoisotopic (exact) mass is 523 g/mol. The lowest BCUT2D eigenvalue weighted by atomic mass is 9.85. The van der Waals surface area contributed by atoms with Gasteiger partial charge in [-0.3, -0.25) is 14.2 Å². The third-order valence-corrected chi connectivity index (χ3v) is 10.0. The summed E-state index contributed by atoms with van der Waals surface area (Å²) in [4.78, 5) is 52.0. The van der Waals surface area contributed by atoms with Crippen LogP contribution < -0.4 is 10.6 Å². The van der Waals surface area contributed by atoms with E-state index in [0.717, 1.165) is 25.7 Å². The zero-order chi connectivity index (χ0) is 26.9. The summed E-state index contributed by atoms with van der Waals surface area (Å²) in [5, 5.41) is 4.29. The van der Waals surface area contributed by atoms with Crippen LogP contribution >= 0.6 is 7.37 Å². The van der Waals surface area contributed by atoms with E-state index in [4.69, 9.17) is 4.74 Å². The highest BCUT2D eigenvalue weighted by molar-refractivity contribution is 7.63. The van der Waals surface area contributed by atoms with E-state index >= 15 is 0 Å². The van der Waals surface area contributed by atoms with Gasteiger partial charge in [-0.25, -0.2) is 4.79 Å². The van der Waals surface area contributed by atoms with Gasteiger partial charge in [-0.05, 0) is 64.2 Å². The number of likely N-dealkylation sites (tertiary alicyclic amines) is 1.